The van der Waals surface area contributed by atoms with E-state index in [0.717, 1.165) is 25.7 Å². The van der Waals surface area contributed by atoms with Gasteiger partial charge >= 0.3 is 11.7 Å². The summed E-state index contributed by atoms with van der Waals surface area (Å²) in [6, 6.07) is 6.37. The van der Waals surface area contributed by atoms with Gasteiger partial charge in [-0.15, -0.1) is 0 Å². The lowest BCUT2D eigenvalue weighted by Gasteiger charge is -2.09. The summed E-state index contributed by atoms with van der Waals surface area (Å²) in [7, 11) is 0. The first-order valence-electron chi connectivity index (χ1n) is 9.55. The predicted molar refractivity (Wildman–Crippen MR) is 107 cm³/mol. The van der Waals surface area contributed by atoms with Gasteiger partial charge in [0.05, 0.1) is 5.56 Å². The number of H-pyrrole nitrogens is 1. The summed E-state index contributed by atoms with van der Waals surface area (Å²) in [5.74, 6) is -0.447. The van der Waals surface area contributed by atoms with E-state index in [4.69, 9.17) is 5.11 Å². The maximum absolute atomic E-state index is 12.6. The molecule has 0 saturated heterocycles. The summed E-state index contributed by atoms with van der Waals surface area (Å²) in [5.41, 5.74) is 0.713. The van der Waals surface area contributed by atoms with Crippen LogP contribution in [0, 0.1) is 0 Å². The van der Waals surface area contributed by atoms with Crippen molar-refractivity contribution in [2.45, 2.75) is 52.6 Å². The number of benzene rings is 1. The molecule has 3 rings (SSSR count). The smallest absolute Gasteiger partial charge is 0.335 e. The second-order valence-electron chi connectivity index (χ2n) is 6.76. The van der Waals surface area contributed by atoms with Gasteiger partial charge in [0.1, 0.15) is 5.82 Å². The number of carboxylic acid groups (broad SMARTS) is 1. The van der Waals surface area contributed by atoms with Crippen molar-refractivity contribution in [2.75, 3.05) is 0 Å². The van der Waals surface area contributed by atoms with Gasteiger partial charge in [-0.25, -0.2) is 14.6 Å². The van der Waals surface area contributed by atoms with E-state index < -0.39 is 17.2 Å². The number of aromatic amines is 1. The number of nitrogens with one attached hydrogen (secondary N) is 1. The lowest BCUT2D eigenvalue weighted by molar-refractivity contribution is 0.0697. The molecule has 0 fully saturated rings. The number of hydrogen-bond donors (Lipinski definition) is 2. The molecule has 2 N–H and O–H groups in total. The van der Waals surface area contributed by atoms with Gasteiger partial charge in [-0.2, -0.15) is 0 Å². The van der Waals surface area contributed by atoms with Gasteiger partial charge in [-0.05, 0) is 25.0 Å². The van der Waals surface area contributed by atoms with Crippen LogP contribution in [0.25, 0.3) is 22.6 Å². The normalized spacial score (nSPS) is 11.2. The van der Waals surface area contributed by atoms with Crippen molar-refractivity contribution in [3.8, 4) is 11.4 Å². The van der Waals surface area contributed by atoms with Crippen LogP contribution in [0.3, 0.4) is 0 Å². The number of aromatic nitrogens is 4. The fourth-order valence-corrected chi connectivity index (χ4v) is 3.21. The Kier molecular flexibility index (Phi) is 5.77. The first-order chi connectivity index (χ1) is 13.5. The minimum Gasteiger partial charge on any atom is -0.478 e. The van der Waals surface area contributed by atoms with Crippen molar-refractivity contribution in [1.29, 1.82) is 0 Å². The Labute approximate surface area is 161 Å². The van der Waals surface area contributed by atoms with E-state index in [0.29, 0.717) is 35.6 Å². The van der Waals surface area contributed by atoms with E-state index in [1.807, 2.05) is 11.5 Å². The first kappa shape index (κ1) is 19.6. The number of aryl methyl sites for hydroxylation is 2. The van der Waals surface area contributed by atoms with Gasteiger partial charge in [0.25, 0.3) is 5.56 Å². The SMILES string of the molecule is CCCCn1c(-c2ccc(C(=O)O)cc2)nc2c1c(=O)[nH]c(=O)n2CCCC. The van der Waals surface area contributed by atoms with Crippen molar-refractivity contribution < 1.29 is 9.90 Å². The fourth-order valence-electron chi connectivity index (χ4n) is 3.21. The zero-order chi connectivity index (χ0) is 20.3. The molecule has 0 unspecified atom stereocenters. The van der Waals surface area contributed by atoms with Crippen LogP contribution in [-0.2, 0) is 13.1 Å². The molecule has 2 aromatic heterocycles. The van der Waals surface area contributed by atoms with Crippen LogP contribution < -0.4 is 11.2 Å². The molecule has 1 aromatic carbocycles. The summed E-state index contributed by atoms with van der Waals surface area (Å²) >= 11 is 0. The van der Waals surface area contributed by atoms with Crippen LogP contribution in [0.15, 0.2) is 33.9 Å². The molecule has 0 atom stereocenters. The molecule has 0 radical (unpaired) electrons. The predicted octanol–water partition coefficient (Wildman–Crippen LogP) is 2.85. The average Bonchev–Trinajstić information content (AvgIpc) is 3.06. The summed E-state index contributed by atoms with van der Waals surface area (Å²) in [6.07, 6.45) is 3.49. The largest absolute Gasteiger partial charge is 0.478 e. The third-order valence-corrected chi connectivity index (χ3v) is 4.75. The molecule has 0 amide bonds. The van der Waals surface area contributed by atoms with Crippen LogP contribution >= 0.6 is 0 Å². The highest BCUT2D eigenvalue weighted by Gasteiger charge is 2.19. The zero-order valence-corrected chi connectivity index (χ0v) is 16.1. The minimum atomic E-state index is -1.00. The Morgan fingerprint density at radius 3 is 2.21 bits per heavy atom. The Morgan fingerprint density at radius 1 is 1.04 bits per heavy atom. The number of imidazole rings is 1. The third kappa shape index (κ3) is 3.62. The van der Waals surface area contributed by atoms with Crippen molar-refractivity contribution >= 4 is 17.1 Å². The van der Waals surface area contributed by atoms with Crippen LogP contribution in [-0.4, -0.2) is 30.2 Å². The molecule has 0 aliphatic heterocycles. The van der Waals surface area contributed by atoms with E-state index in [2.05, 4.69) is 16.9 Å². The number of carboxylic acids is 1. The van der Waals surface area contributed by atoms with E-state index in [1.54, 1.807) is 12.1 Å². The quantitative estimate of drug-likeness (QED) is 0.620. The lowest BCUT2D eigenvalue weighted by Crippen LogP contribution is -2.31. The standard InChI is InChI=1S/C20H24N4O4/c1-3-5-11-23-15-17(24(12-6-4-2)20(28)22-18(15)25)21-16(23)13-7-9-14(10-8-13)19(26)27/h7-10H,3-6,11-12H2,1-2H3,(H,26,27)(H,22,25,28). The molecule has 2 heterocycles. The summed E-state index contributed by atoms with van der Waals surface area (Å²) in [6.45, 7) is 5.15. The van der Waals surface area contributed by atoms with E-state index >= 15 is 0 Å². The van der Waals surface area contributed by atoms with Gasteiger partial charge < -0.3 is 9.67 Å². The van der Waals surface area contributed by atoms with Gasteiger partial charge in [-0.3, -0.25) is 14.3 Å². The molecule has 0 bridgehead atoms. The number of rotatable bonds is 8. The number of hydrogen-bond acceptors (Lipinski definition) is 4. The monoisotopic (exact) mass is 384 g/mol. The number of aromatic carboxylic acids is 1. The van der Waals surface area contributed by atoms with E-state index in [-0.39, 0.29) is 5.56 Å². The number of carbonyl (C=O) groups is 1. The summed E-state index contributed by atoms with van der Waals surface area (Å²) < 4.78 is 3.34. The van der Waals surface area contributed by atoms with Gasteiger partial charge in [0.2, 0.25) is 0 Å². The molecule has 0 aliphatic rings. The molecule has 148 valence electrons. The maximum Gasteiger partial charge on any atom is 0.335 e. The highest BCUT2D eigenvalue weighted by molar-refractivity contribution is 5.88. The van der Waals surface area contributed by atoms with Crippen LogP contribution in [0.2, 0.25) is 0 Å². The maximum atomic E-state index is 12.6. The zero-order valence-electron chi connectivity index (χ0n) is 16.1. The third-order valence-electron chi connectivity index (χ3n) is 4.75. The number of nitrogens with zero attached hydrogens (tertiary/aromatic N) is 3. The molecule has 0 spiro atoms. The van der Waals surface area contributed by atoms with Crippen molar-refractivity contribution in [2.24, 2.45) is 0 Å². The first-order valence-corrected chi connectivity index (χ1v) is 9.55. The molecular formula is C20H24N4O4. The lowest BCUT2D eigenvalue weighted by atomic mass is 10.1. The second kappa shape index (κ2) is 8.24. The average molecular weight is 384 g/mol. The molecule has 8 heteroatoms. The molecule has 8 nitrogen and oxygen atoms in total. The topological polar surface area (TPSA) is 110 Å². The summed E-state index contributed by atoms with van der Waals surface area (Å²) in [5, 5.41) is 9.11. The number of fused-ring (bicyclic) bond motifs is 1. The fraction of sp³-hybridized carbons (Fsp3) is 0.400. The van der Waals surface area contributed by atoms with Crippen LogP contribution in [0.5, 0.6) is 0 Å². The van der Waals surface area contributed by atoms with Gasteiger partial charge in [0, 0.05) is 18.7 Å². The van der Waals surface area contributed by atoms with Gasteiger partial charge in [0.15, 0.2) is 11.2 Å². The van der Waals surface area contributed by atoms with Gasteiger partial charge in [-0.1, -0.05) is 38.8 Å². The molecule has 3 aromatic rings. The molecule has 0 saturated carbocycles. The van der Waals surface area contributed by atoms with Crippen LogP contribution in [0.1, 0.15) is 49.9 Å². The highest BCUT2D eigenvalue weighted by atomic mass is 16.4. The Balaban J connectivity index is 2.26. The molecular weight excluding hydrogens is 360 g/mol. The molecule has 0 aliphatic carbocycles. The van der Waals surface area contributed by atoms with Crippen molar-refractivity contribution in [1.82, 2.24) is 19.1 Å². The van der Waals surface area contributed by atoms with E-state index in [1.165, 1.54) is 16.7 Å². The number of unbranched alkanes of at least 4 members (excludes halogenated alkanes) is 2. The molecule has 28 heavy (non-hydrogen) atoms. The summed E-state index contributed by atoms with van der Waals surface area (Å²) in [4.78, 5) is 43.1. The Hall–Kier alpha value is -3.16. The van der Waals surface area contributed by atoms with E-state index in [9.17, 15) is 14.4 Å². The van der Waals surface area contributed by atoms with Crippen molar-refractivity contribution in [3.05, 3.63) is 50.7 Å². The Bertz CT molecular complexity index is 1110. The minimum absolute atomic E-state index is 0.178. The van der Waals surface area contributed by atoms with Crippen LogP contribution in [0.4, 0.5) is 0 Å². The second-order valence-corrected chi connectivity index (χ2v) is 6.76. The van der Waals surface area contributed by atoms with Crippen molar-refractivity contribution in [3.63, 3.8) is 0 Å². The highest BCUT2D eigenvalue weighted by Crippen LogP contribution is 2.24. The Morgan fingerprint density at radius 2 is 1.64 bits per heavy atom.